The SMILES string of the molecule is O=C(COc1ccc(Cl)c(F)c1)NC1=C2CC(NC(=O)c3cccc(=O)[nH]3)(C2)CC1O. The van der Waals surface area contributed by atoms with Crippen LogP contribution in [0, 0.1) is 5.82 Å². The van der Waals surface area contributed by atoms with Gasteiger partial charge < -0.3 is 25.5 Å². The highest BCUT2D eigenvalue weighted by Gasteiger charge is 2.50. The zero-order chi connectivity index (χ0) is 22.2. The number of halogens is 2. The number of amides is 2. The van der Waals surface area contributed by atoms with Crippen LogP contribution in [0.1, 0.15) is 29.8 Å². The Morgan fingerprint density at radius 1 is 1.29 bits per heavy atom. The molecule has 3 aliphatic carbocycles. The molecule has 2 bridgehead atoms. The third-order valence-electron chi connectivity index (χ3n) is 5.33. The first-order valence-electron chi connectivity index (χ1n) is 9.54. The summed E-state index contributed by atoms with van der Waals surface area (Å²) < 4.78 is 18.7. The van der Waals surface area contributed by atoms with Gasteiger partial charge in [-0.1, -0.05) is 17.7 Å². The van der Waals surface area contributed by atoms with Gasteiger partial charge in [0.1, 0.15) is 17.3 Å². The largest absolute Gasteiger partial charge is 0.484 e. The van der Waals surface area contributed by atoms with Gasteiger partial charge in [0.25, 0.3) is 11.8 Å². The highest BCUT2D eigenvalue weighted by Crippen LogP contribution is 2.47. The zero-order valence-corrected chi connectivity index (χ0v) is 17.0. The Morgan fingerprint density at radius 3 is 2.74 bits per heavy atom. The van der Waals surface area contributed by atoms with Gasteiger partial charge in [0.2, 0.25) is 5.56 Å². The number of fused-ring (bicyclic) bond motifs is 2. The Labute approximate surface area is 181 Å². The van der Waals surface area contributed by atoms with Crippen molar-refractivity contribution in [3.63, 3.8) is 0 Å². The third-order valence-corrected chi connectivity index (χ3v) is 5.64. The summed E-state index contributed by atoms with van der Waals surface area (Å²) in [7, 11) is 0. The summed E-state index contributed by atoms with van der Waals surface area (Å²) in [6.07, 6.45) is 0.208. The maximum absolute atomic E-state index is 13.4. The summed E-state index contributed by atoms with van der Waals surface area (Å²) in [4.78, 5) is 38.5. The predicted octanol–water partition coefficient (Wildman–Crippen LogP) is 1.64. The van der Waals surface area contributed by atoms with Crippen LogP contribution in [0.25, 0.3) is 0 Å². The average Bonchev–Trinajstić information content (AvgIpc) is 2.70. The van der Waals surface area contributed by atoms with Gasteiger partial charge in [-0.15, -0.1) is 0 Å². The van der Waals surface area contributed by atoms with Gasteiger partial charge in [0.05, 0.1) is 16.7 Å². The fourth-order valence-corrected chi connectivity index (χ4v) is 4.03. The van der Waals surface area contributed by atoms with Gasteiger partial charge in [0.15, 0.2) is 6.61 Å². The van der Waals surface area contributed by atoms with Gasteiger partial charge in [0, 0.05) is 24.3 Å². The molecule has 1 heterocycles. The molecule has 8 nitrogen and oxygen atoms in total. The molecule has 1 fully saturated rings. The number of aliphatic hydroxyl groups is 1. The van der Waals surface area contributed by atoms with E-state index in [4.69, 9.17) is 16.3 Å². The van der Waals surface area contributed by atoms with Gasteiger partial charge in [-0.05, 0) is 36.6 Å². The van der Waals surface area contributed by atoms with Crippen molar-refractivity contribution in [2.75, 3.05) is 6.61 Å². The van der Waals surface area contributed by atoms with Crippen molar-refractivity contribution in [3.8, 4) is 5.75 Å². The smallest absolute Gasteiger partial charge is 0.268 e. The van der Waals surface area contributed by atoms with Crippen molar-refractivity contribution >= 4 is 23.4 Å². The van der Waals surface area contributed by atoms with E-state index in [-0.39, 0.29) is 35.1 Å². The number of nitrogens with one attached hydrogen (secondary N) is 3. The molecule has 0 radical (unpaired) electrons. The van der Waals surface area contributed by atoms with E-state index in [2.05, 4.69) is 15.6 Å². The number of hydrogen-bond acceptors (Lipinski definition) is 5. The van der Waals surface area contributed by atoms with E-state index < -0.39 is 29.3 Å². The van der Waals surface area contributed by atoms with Gasteiger partial charge in [-0.25, -0.2) is 4.39 Å². The summed E-state index contributed by atoms with van der Waals surface area (Å²) in [5.74, 6) is -1.43. The van der Waals surface area contributed by atoms with Gasteiger partial charge in [-0.3, -0.25) is 14.4 Å². The van der Waals surface area contributed by atoms with Crippen molar-refractivity contribution in [2.24, 2.45) is 0 Å². The lowest BCUT2D eigenvalue weighted by Gasteiger charge is -2.51. The second kappa shape index (κ2) is 8.16. The van der Waals surface area contributed by atoms with E-state index in [1.807, 2.05) is 0 Å². The lowest BCUT2D eigenvalue weighted by molar-refractivity contribution is -0.123. The lowest BCUT2D eigenvalue weighted by Crippen LogP contribution is -2.61. The molecule has 5 rings (SSSR count). The first-order valence-corrected chi connectivity index (χ1v) is 9.92. The lowest BCUT2D eigenvalue weighted by atomic mass is 9.63. The third kappa shape index (κ3) is 4.47. The Balaban J connectivity index is 1.35. The summed E-state index contributed by atoms with van der Waals surface area (Å²) in [5, 5.41) is 16.0. The second-order valence-corrected chi connectivity index (χ2v) is 8.07. The van der Waals surface area contributed by atoms with E-state index in [9.17, 15) is 23.9 Å². The Bertz CT molecular complexity index is 1140. The molecule has 1 atom stereocenters. The molecule has 3 aliphatic rings. The minimum Gasteiger partial charge on any atom is -0.484 e. The van der Waals surface area contributed by atoms with Crippen molar-refractivity contribution < 1.29 is 23.8 Å². The van der Waals surface area contributed by atoms with Crippen molar-refractivity contribution in [2.45, 2.75) is 30.9 Å². The average molecular weight is 448 g/mol. The summed E-state index contributed by atoms with van der Waals surface area (Å²) >= 11 is 5.61. The van der Waals surface area contributed by atoms with Crippen LogP contribution >= 0.6 is 11.6 Å². The van der Waals surface area contributed by atoms with Crippen LogP contribution in [0.15, 0.2) is 52.5 Å². The predicted molar refractivity (Wildman–Crippen MR) is 109 cm³/mol. The summed E-state index contributed by atoms with van der Waals surface area (Å²) in [5.41, 5.74) is 0.372. The molecular formula is C21H19ClFN3O5. The van der Waals surface area contributed by atoms with E-state index in [0.29, 0.717) is 18.5 Å². The summed E-state index contributed by atoms with van der Waals surface area (Å²) in [6, 6.07) is 8.15. The molecule has 162 valence electrons. The number of carbonyl (C=O) groups excluding carboxylic acids is 2. The monoisotopic (exact) mass is 447 g/mol. The van der Waals surface area contributed by atoms with E-state index in [0.717, 1.165) is 11.6 Å². The number of carbonyl (C=O) groups is 2. The zero-order valence-electron chi connectivity index (χ0n) is 16.2. The molecule has 2 amide bonds. The fraction of sp³-hybridized carbons (Fsp3) is 0.286. The Morgan fingerprint density at radius 2 is 2.06 bits per heavy atom. The number of ether oxygens (including phenoxy) is 1. The van der Waals surface area contributed by atoms with E-state index >= 15 is 0 Å². The first-order chi connectivity index (χ1) is 14.7. The highest BCUT2D eigenvalue weighted by atomic mass is 35.5. The number of aliphatic hydroxyl groups excluding tert-OH is 1. The van der Waals surface area contributed by atoms with Crippen LogP contribution < -0.4 is 20.9 Å². The number of aromatic nitrogens is 1. The van der Waals surface area contributed by atoms with Crippen LogP contribution in [-0.4, -0.2) is 40.2 Å². The van der Waals surface area contributed by atoms with E-state index in [1.54, 1.807) is 0 Å². The first kappa shape index (κ1) is 21.1. The second-order valence-electron chi connectivity index (χ2n) is 7.67. The fourth-order valence-electron chi connectivity index (χ4n) is 3.91. The van der Waals surface area contributed by atoms with Crippen LogP contribution in [0.5, 0.6) is 5.75 Å². The number of aromatic amines is 1. The minimum atomic E-state index is -0.968. The maximum atomic E-state index is 13.4. The standard InChI is InChI=1S/C21H19ClFN3O5/c22-13-5-4-12(6-14(13)23)31-10-18(29)25-19-11-7-21(8-11,9-16(19)27)26-20(30)15-2-1-3-17(28)24-15/h1-6,16,27H,7-10H2,(H,24,28)(H,25,29)(H,26,30). The molecule has 0 aliphatic heterocycles. The van der Waals surface area contributed by atoms with Crippen LogP contribution in [-0.2, 0) is 4.79 Å². The molecular weight excluding hydrogens is 429 g/mol. The number of benzene rings is 1. The number of hydrogen-bond donors (Lipinski definition) is 4. The molecule has 2 aromatic rings. The molecule has 4 N–H and O–H groups in total. The van der Waals surface area contributed by atoms with Crippen LogP contribution in [0.3, 0.4) is 0 Å². The molecule has 1 aromatic heterocycles. The topological polar surface area (TPSA) is 121 Å². The molecule has 10 heteroatoms. The number of pyridine rings is 1. The Kier molecular flexibility index (Phi) is 5.55. The quantitative estimate of drug-likeness (QED) is 0.536. The summed E-state index contributed by atoms with van der Waals surface area (Å²) in [6.45, 7) is -0.367. The van der Waals surface area contributed by atoms with E-state index in [1.165, 1.54) is 30.3 Å². The molecule has 31 heavy (non-hydrogen) atoms. The molecule has 1 unspecified atom stereocenters. The number of rotatable bonds is 6. The van der Waals surface area contributed by atoms with Crippen LogP contribution in [0.4, 0.5) is 4.39 Å². The molecule has 1 saturated carbocycles. The van der Waals surface area contributed by atoms with Crippen LogP contribution in [0.2, 0.25) is 5.02 Å². The Hall–Kier alpha value is -3.17. The minimum absolute atomic E-state index is 0.0479. The van der Waals surface area contributed by atoms with Crippen molar-refractivity contribution in [3.05, 3.63) is 74.6 Å². The van der Waals surface area contributed by atoms with Gasteiger partial charge >= 0.3 is 0 Å². The normalized spacial score (nSPS) is 21.8. The highest BCUT2D eigenvalue weighted by molar-refractivity contribution is 6.30. The molecule has 0 saturated heterocycles. The molecule has 1 aromatic carbocycles. The van der Waals surface area contributed by atoms with Crippen molar-refractivity contribution in [1.82, 2.24) is 15.6 Å². The number of H-pyrrole nitrogens is 1. The van der Waals surface area contributed by atoms with Crippen molar-refractivity contribution in [1.29, 1.82) is 0 Å². The van der Waals surface area contributed by atoms with Gasteiger partial charge in [-0.2, -0.15) is 0 Å². The maximum Gasteiger partial charge on any atom is 0.268 e. The molecule has 0 spiro atoms.